The molecule has 1 aliphatic heterocycles. The SMILES string of the molecule is CCn1c(-c2ccc(C(=O)N3CCOCC3)cc2)c(C#N)c2ccc(OC(C)C)cc21.CCn1c(-c2ccc(NS(=O)(=O)C3CC3)cc2)c(C#N)c2ccc(OC)cc21.CCn1c(-c2ccc(NS(=O)(=O)CCl)cc2)c(C#N)c2ccc(OC)cc21.CCn1c(-c2ccc(OCCNC(C)=O)cc2)c(C#N)c2ccc(OC)cc21.CCn1c(-c2ccc(S(=O)(=O)N(C)C)cc2)c(C#N)c2ccc(OC)cc21. The van der Waals surface area contributed by atoms with Gasteiger partial charge in [0.1, 0.15) is 76.7 Å². The number of morpholine rings is 1. The van der Waals surface area contributed by atoms with Crippen molar-refractivity contribution in [2.45, 2.75) is 117 Å². The van der Waals surface area contributed by atoms with Crippen LogP contribution in [0.1, 0.15) is 106 Å². The maximum Gasteiger partial charge on any atom is 0.254 e. The van der Waals surface area contributed by atoms with Gasteiger partial charge in [-0.1, -0.05) is 48.5 Å². The molecule has 0 spiro atoms. The van der Waals surface area contributed by atoms with E-state index in [9.17, 15) is 61.2 Å². The van der Waals surface area contributed by atoms with E-state index in [1.54, 1.807) is 89.1 Å². The summed E-state index contributed by atoms with van der Waals surface area (Å²) in [5.74, 6) is 4.38. The van der Waals surface area contributed by atoms with Gasteiger partial charge in [0.05, 0.1) is 148 Å². The Balaban J connectivity index is 0.000000148. The number of anilines is 2. The number of fused-ring (bicyclic) bond motifs is 5. The van der Waals surface area contributed by atoms with Gasteiger partial charge in [0, 0.05) is 141 Å². The van der Waals surface area contributed by atoms with Gasteiger partial charge in [-0.25, -0.2) is 29.6 Å². The van der Waals surface area contributed by atoms with E-state index < -0.39 is 35.3 Å². The zero-order valence-corrected chi connectivity index (χ0v) is 84.1. The van der Waals surface area contributed by atoms with Crippen molar-refractivity contribution in [1.82, 2.24) is 37.4 Å². The maximum absolute atomic E-state index is 12.8. The van der Waals surface area contributed by atoms with Gasteiger partial charge in [0.15, 0.2) is 0 Å². The average Bonchev–Trinajstić information content (AvgIpc) is 1.62. The number of nitrogens with zero attached hydrogens (tertiary/aromatic N) is 12. The van der Waals surface area contributed by atoms with Crippen LogP contribution in [0.5, 0.6) is 34.5 Å². The third-order valence-electron chi connectivity index (χ3n) is 24.1. The molecule has 3 N–H and O–H groups in total. The third-order valence-corrected chi connectivity index (χ3v) is 29.5. The molecular formula is C107H110ClN15O15S3. The number of hydrogen-bond donors (Lipinski definition) is 3. The second kappa shape index (κ2) is 45.6. The van der Waals surface area contributed by atoms with E-state index in [2.05, 4.69) is 72.7 Å². The Morgan fingerprint density at radius 2 is 0.745 bits per heavy atom. The van der Waals surface area contributed by atoms with Gasteiger partial charge >= 0.3 is 0 Å². The predicted octanol–water partition coefficient (Wildman–Crippen LogP) is 19.9. The first-order valence-corrected chi connectivity index (χ1v) is 51.0. The Labute approximate surface area is 826 Å². The quantitative estimate of drug-likeness (QED) is 0.0289. The first-order valence-electron chi connectivity index (χ1n) is 45.8. The van der Waals surface area contributed by atoms with E-state index in [0.717, 1.165) is 159 Å². The summed E-state index contributed by atoms with van der Waals surface area (Å²) in [5.41, 5.74) is 17.8. The normalized spacial score (nSPS) is 12.4. The minimum Gasteiger partial charge on any atom is -0.497 e. The predicted molar refractivity (Wildman–Crippen MR) is 551 cm³/mol. The zero-order valence-electron chi connectivity index (χ0n) is 80.9. The number of alkyl halides is 1. The number of hydrogen-bond acceptors (Lipinski definition) is 20. The van der Waals surface area contributed by atoms with Crippen LogP contribution < -0.4 is 43.2 Å². The fourth-order valence-corrected chi connectivity index (χ4v) is 20.3. The second-order valence-electron chi connectivity index (χ2n) is 33.3. The van der Waals surface area contributed by atoms with Crippen LogP contribution >= 0.6 is 11.6 Å². The van der Waals surface area contributed by atoms with Gasteiger partial charge in [-0.3, -0.25) is 19.0 Å². The molecule has 1 saturated carbocycles. The van der Waals surface area contributed by atoms with Gasteiger partial charge in [-0.05, 0) is 223 Å². The summed E-state index contributed by atoms with van der Waals surface area (Å²) in [5, 5.41) is 55.4. The molecule has 141 heavy (non-hydrogen) atoms. The first-order chi connectivity index (χ1) is 67.9. The molecule has 0 unspecified atom stereocenters. The largest absolute Gasteiger partial charge is 0.497 e. The Kier molecular flexibility index (Phi) is 33.3. The molecular weight excluding hydrogens is 1870 g/mol. The standard InChI is InChI=1S/C25H27N3O3.C22H23N3O3.C21H21N3O3S.C20H21N3O3S.C19H18ClN3O3S/c1-4-28-23-15-20(31-17(2)3)9-10-21(23)22(16-26)24(28)18-5-7-19(8-6-18)25(29)27-11-13-30-14-12-27;1-4-25-21-13-18(27-3)9-10-19(21)20(14-23)22(25)16-5-7-17(8-6-16)28-12-11-24-15(2)26;1-3-24-20-12-16(27-2)8-11-18(20)19(13-22)21(24)14-4-6-15(7-5-14)23-28(25,26)17-9-10-17;1-5-23-19-12-15(26-4)8-11-17(19)18(13-21)20(23)14-6-9-16(10-7-14)27(24,25)22(2)3;1-3-23-18-10-15(26-2)8-9-16(18)17(11-21)19(23)13-4-6-14(7-5-13)22-27(24,25)12-20/h5-10,15,17H,4,11-14H2,1-3H3;5-10,13H,4,11-12H2,1-3H3,(H,24,26);4-8,11-12,17,23H,3,9-10H2,1-2H3;6-12H,5H2,1-4H3;4-10,22H,3,12H2,1-2H3. The highest BCUT2D eigenvalue weighted by Gasteiger charge is 2.36. The summed E-state index contributed by atoms with van der Waals surface area (Å²) in [4.78, 5) is 25.7. The molecule has 0 radical (unpaired) electrons. The molecule has 17 rings (SSSR count). The van der Waals surface area contributed by atoms with E-state index >= 15 is 0 Å². The monoisotopic (exact) mass is 1980 g/mol. The topological polar surface area (TPSA) is 387 Å². The number of rotatable bonds is 29. The van der Waals surface area contributed by atoms with Crippen LogP contribution in [0.2, 0.25) is 0 Å². The Hall–Kier alpha value is -15.3. The number of nitriles is 5. The van der Waals surface area contributed by atoms with Gasteiger partial charge in [-0.2, -0.15) is 26.3 Å². The van der Waals surface area contributed by atoms with Crippen LogP contribution in [-0.2, 0) is 72.3 Å². The number of carbonyl (C=O) groups is 2. The van der Waals surface area contributed by atoms with Crippen molar-refractivity contribution >= 4 is 119 Å². The summed E-state index contributed by atoms with van der Waals surface area (Å²) in [6.07, 6.45) is 1.52. The number of benzene rings is 10. The molecule has 728 valence electrons. The fourth-order valence-electron chi connectivity index (χ4n) is 17.3. The molecule has 6 heterocycles. The number of sulfonamides is 3. The molecule has 0 bridgehead atoms. The van der Waals surface area contributed by atoms with Gasteiger partial charge in [0.25, 0.3) is 5.91 Å². The van der Waals surface area contributed by atoms with Crippen molar-refractivity contribution in [1.29, 1.82) is 26.3 Å². The molecule has 5 aromatic heterocycles. The molecule has 30 nitrogen and oxygen atoms in total. The average molecular weight is 1980 g/mol. The highest BCUT2D eigenvalue weighted by Crippen LogP contribution is 2.43. The lowest BCUT2D eigenvalue weighted by atomic mass is 10.0. The van der Waals surface area contributed by atoms with Gasteiger partial charge < -0.3 is 66.2 Å². The minimum absolute atomic E-state index is 0.0156. The Morgan fingerprint density at radius 3 is 1.04 bits per heavy atom. The minimum atomic E-state index is -3.56. The number of aromatic nitrogens is 5. The van der Waals surface area contributed by atoms with Gasteiger partial charge in [-0.15, -0.1) is 11.6 Å². The summed E-state index contributed by atoms with van der Waals surface area (Å²) in [6.45, 7) is 22.4. The van der Waals surface area contributed by atoms with Crippen molar-refractivity contribution in [2.75, 3.05) is 96.6 Å². The van der Waals surface area contributed by atoms with Crippen LogP contribution in [0.4, 0.5) is 11.4 Å². The Bertz CT molecular complexity index is 7740. The van der Waals surface area contributed by atoms with E-state index in [0.29, 0.717) is 116 Å². The van der Waals surface area contributed by atoms with E-state index in [1.165, 1.54) is 25.3 Å². The molecule has 0 atom stereocenters. The Morgan fingerprint density at radius 1 is 0.440 bits per heavy atom. The summed E-state index contributed by atoms with van der Waals surface area (Å²) in [7, 11) is -0.883. The van der Waals surface area contributed by atoms with Crippen molar-refractivity contribution in [3.63, 3.8) is 0 Å². The van der Waals surface area contributed by atoms with E-state index in [1.807, 2.05) is 200 Å². The second-order valence-corrected chi connectivity index (χ2v) is 39.7. The van der Waals surface area contributed by atoms with Crippen LogP contribution in [0, 0.1) is 56.7 Å². The lowest BCUT2D eigenvalue weighted by Gasteiger charge is -2.26. The lowest BCUT2D eigenvalue weighted by Crippen LogP contribution is -2.40. The molecule has 1 saturated heterocycles. The number of aryl methyl sites for hydroxylation is 5. The maximum atomic E-state index is 12.8. The lowest BCUT2D eigenvalue weighted by molar-refractivity contribution is -0.119. The molecule has 2 amide bonds. The van der Waals surface area contributed by atoms with Crippen LogP contribution in [0.3, 0.4) is 0 Å². The number of ether oxygens (including phenoxy) is 7. The third kappa shape index (κ3) is 22.5. The highest BCUT2D eigenvalue weighted by molar-refractivity contribution is 7.94. The fraction of sp³-hybridized carbons (Fsp3) is 0.280. The van der Waals surface area contributed by atoms with Crippen molar-refractivity contribution in [3.05, 3.63) is 246 Å². The number of methoxy groups -OCH3 is 4. The number of nitrogens with one attached hydrogen (secondary N) is 3. The van der Waals surface area contributed by atoms with E-state index in [-0.39, 0.29) is 28.1 Å². The first kappa shape index (κ1) is 103. The van der Waals surface area contributed by atoms with Crippen LogP contribution in [0.15, 0.2) is 217 Å². The number of amides is 2. The summed E-state index contributed by atoms with van der Waals surface area (Å²) < 4.78 is 127. The van der Waals surface area contributed by atoms with Crippen molar-refractivity contribution in [2.24, 2.45) is 0 Å². The molecule has 15 aromatic rings. The summed E-state index contributed by atoms with van der Waals surface area (Å²) in [6, 6.07) is 76.2. The van der Waals surface area contributed by atoms with Crippen LogP contribution in [0.25, 0.3) is 111 Å². The van der Waals surface area contributed by atoms with Crippen molar-refractivity contribution < 1.29 is 68.0 Å². The van der Waals surface area contributed by atoms with E-state index in [4.69, 9.17) is 44.8 Å². The number of halogens is 1. The van der Waals surface area contributed by atoms with Crippen LogP contribution in [-0.4, -0.2) is 168 Å². The number of carbonyl (C=O) groups excluding carboxylic acids is 2. The zero-order chi connectivity index (χ0) is 101. The van der Waals surface area contributed by atoms with Gasteiger partial charge in [0.2, 0.25) is 36.0 Å². The molecule has 1 aliphatic carbocycles. The molecule has 2 fully saturated rings. The van der Waals surface area contributed by atoms with Crippen molar-refractivity contribution in [3.8, 4) is 121 Å². The molecule has 10 aromatic carbocycles. The summed E-state index contributed by atoms with van der Waals surface area (Å²) >= 11 is 5.42. The molecule has 2 aliphatic rings. The highest BCUT2D eigenvalue weighted by atomic mass is 35.5. The smallest absolute Gasteiger partial charge is 0.254 e. The molecule has 34 heteroatoms.